The van der Waals surface area contributed by atoms with Crippen molar-refractivity contribution in [2.24, 2.45) is 0 Å². The topological polar surface area (TPSA) is 0 Å². The maximum atomic E-state index is 2.45. The minimum atomic E-state index is 0.553. The van der Waals surface area contributed by atoms with E-state index in [-0.39, 0.29) is 0 Å². The van der Waals surface area contributed by atoms with Gasteiger partial charge in [0.2, 0.25) is 0 Å². The molecule has 0 aliphatic rings. The van der Waals surface area contributed by atoms with Crippen molar-refractivity contribution in [2.75, 3.05) is 0 Å². The maximum Gasteiger partial charge on any atom is 0.0648 e. The molecule has 0 aromatic rings. The van der Waals surface area contributed by atoms with Crippen molar-refractivity contribution >= 4 is 16.5 Å². The van der Waals surface area contributed by atoms with E-state index in [9.17, 15) is 0 Å². The van der Waals surface area contributed by atoms with Gasteiger partial charge in [-0.1, -0.05) is 58.4 Å². The Kier molecular flexibility index (Phi) is 17.7. The molecule has 2 heteroatoms. The summed E-state index contributed by atoms with van der Waals surface area (Å²) in [6.07, 6.45) is 18.5. The summed E-state index contributed by atoms with van der Waals surface area (Å²) < 4.78 is 0. The summed E-state index contributed by atoms with van der Waals surface area (Å²) in [5, 5.41) is 0. The molecule has 0 aromatic heterocycles. The predicted molar refractivity (Wildman–Crippen MR) is 93.8 cm³/mol. The third-order valence-electron chi connectivity index (χ3n) is 2.99. The second kappa shape index (κ2) is 17.3. The van der Waals surface area contributed by atoms with Gasteiger partial charge in [0.05, 0.1) is 14.1 Å². The summed E-state index contributed by atoms with van der Waals surface area (Å²) in [7, 11) is 1.63. The van der Waals surface area contributed by atoms with Gasteiger partial charge in [0.15, 0.2) is 0 Å². The normalized spacial score (nSPS) is 13.2. The van der Waals surface area contributed by atoms with Crippen LogP contribution in [-0.2, 0) is 0 Å². The van der Waals surface area contributed by atoms with Crippen LogP contribution in [0.1, 0.15) is 78.1 Å². The Labute approximate surface area is 119 Å². The van der Waals surface area contributed by atoms with Crippen molar-refractivity contribution in [1.82, 2.24) is 0 Å². The fourth-order valence-electron chi connectivity index (χ4n) is 1.80. The minimum absolute atomic E-state index is 0.553. The van der Waals surface area contributed by atoms with E-state index in [4.69, 9.17) is 0 Å². The third kappa shape index (κ3) is 16.3. The van der Waals surface area contributed by atoms with Gasteiger partial charge in [-0.05, 0) is 37.6 Å². The lowest BCUT2D eigenvalue weighted by atomic mass is 10.2. The number of unbranched alkanes of at least 4 members (excludes halogenated alkanes) is 8. The van der Waals surface area contributed by atoms with Crippen LogP contribution in [0.4, 0.5) is 0 Å². The minimum Gasteiger partial charge on any atom is -0.0808 e. The van der Waals surface area contributed by atoms with Gasteiger partial charge in [-0.25, -0.2) is 0 Å². The van der Waals surface area contributed by atoms with E-state index in [1.54, 1.807) is 0 Å². The first-order valence-electron chi connectivity index (χ1n) is 7.81. The van der Waals surface area contributed by atoms with Crippen LogP contribution in [0, 0.1) is 0 Å². The number of allylic oxidation sites excluding steroid dienone is 2. The van der Waals surface area contributed by atoms with Gasteiger partial charge < -0.3 is 0 Å². The molecule has 0 radical (unpaired) electrons. The zero-order valence-corrected chi connectivity index (χ0v) is 14.6. The van der Waals surface area contributed by atoms with E-state index in [1.165, 1.54) is 64.2 Å². The van der Waals surface area contributed by atoms with E-state index in [2.05, 4.69) is 37.6 Å². The summed E-state index contributed by atoms with van der Waals surface area (Å²) in [6, 6.07) is 0. The van der Waals surface area contributed by atoms with Crippen LogP contribution < -0.4 is 0 Å². The molecular formula is C16H33P2+. The molecule has 18 heavy (non-hydrogen) atoms. The number of hydrogen-bond donors (Lipinski definition) is 0. The average molecular weight is 287 g/mol. The average Bonchev–Trinajstić information content (AvgIpc) is 2.39. The molecule has 0 N–H and O–H groups in total. The van der Waals surface area contributed by atoms with E-state index in [0.717, 1.165) is 8.27 Å². The fraction of sp³-hybridized carbons (Fsp3) is 0.750. The monoisotopic (exact) mass is 287 g/mol. The lowest BCUT2D eigenvalue weighted by Gasteiger charge is -1.93. The zero-order valence-electron chi connectivity index (χ0n) is 12.5. The van der Waals surface area contributed by atoms with Crippen LogP contribution in [0.2, 0.25) is 0 Å². The summed E-state index contributed by atoms with van der Waals surface area (Å²) in [6.45, 7) is 4.55. The molecule has 2 atom stereocenters. The van der Waals surface area contributed by atoms with Crippen LogP contribution >= 0.6 is 16.5 Å². The van der Waals surface area contributed by atoms with Crippen molar-refractivity contribution in [2.45, 2.75) is 78.1 Å². The van der Waals surface area contributed by atoms with Gasteiger partial charge in [0, 0.05) is 8.27 Å². The van der Waals surface area contributed by atoms with Crippen LogP contribution in [-0.4, -0.2) is 0 Å². The van der Waals surface area contributed by atoms with E-state index >= 15 is 0 Å². The highest BCUT2D eigenvalue weighted by atomic mass is 32.0. The second-order valence-electron chi connectivity index (χ2n) is 4.86. The van der Waals surface area contributed by atoms with Crippen molar-refractivity contribution in [3.05, 3.63) is 23.8 Å². The maximum absolute atomic E-state index is 2.45. The molecule has 0 aliphatic heterocycles. The zero-order chi connectivity index (χ0) is 13.3. The third-order valence-corrected chi connectivity index (χ3v) is 5.81. The first-order chi connectivity index (χ1) is 8.91. The van der Waals surface area contributed by atoms with Gasteiger partial charge in [-0.3, -0.25) is 0 Å². The van der Waals surface area contributed by atoms with Crippen LogP contribution in [0.3, 0.4) is 0 Å². The summed E-state index contributed by atoms with van der Waals surface area (Å²) in [4.78, 5) is 0. The van der Waals surface area contributed by atoms with Crippen LogP contribution in [0.15, 0.2) is 23.8 Å². The Bertz CT molecular complexity index is 175. The Morgan fingerprint density at radius 3 is 2.00 bits per heavy atom. The molecule has 0 aromatic carbocycles. The number of rotatable bonds is 13. The highest BCUT2D eigenvalue weighted by molar-refractivity contribution is 8.14. The quantitative estimate of drug-likeness (QED) is 0.254. The van der Waals surface area contributed by atoms with Gasteiger partial charge in [-0.15, -0.1) is 0 Å². The highest BCUT2D eigenvalue weighted by Crippen LogP contribution is 2.39. The predicted octanol–water partition coefficient (Wildman–Crippen LogP) is 6.96. The van der Waals surface area contributed by atoms with Crippen LogP contribution in [0.5, 0.6) is 0 Å². The lowest BCUT2D eigenvalue weighted by Crippen LogP contribution is -1.72. The molecule has 2 unspecified atom stereocenters. The smallest absolute Gasteiger partial charge is 0.0648 e. The van der Waals surface area contributed by atoms with Crippen molar-refractivity contribution < 1.29 is 0 Å². The Morgan fingerprint density at radius 2 is 1.39 bits per heavy atom. The first kappa shape index (κ1) is 18.3. The van der Waals surface area contributed by atoms with E-state index in [0.29, 0.717) is 8.27 Å². The second-order valence-corrected chi connectivity index (χ2v) is 8.25. The first-order valence-corrected chi connectivity index (χ1v) is 11.4. The molecule has 0 bridgehead atoms. The lowest BCUT2D eigenvalue weighted by molar-refractivity contribution is 0.675. The number of hydrogen-bond acceptors (Lipinski definition) is 0. The molecule has 0 heterocycles. The van der Waals surface area contributed by atoms with Crippen molar-refractivity contribution in [3.63, 3.8) is 0 Å². The molecule has 0 spiro atoms. The molecular weight excluding hydrogens is 254 g/mol. The summed E-state index contributed by atoms with van der Waals surface area (Å²) in [5.41, 5.74) is 0. The molecule has 0 amide bonds. The molecule has 106 valence electrons. The molecule has 0 aliphatic carbocycles. The Hall–Kier alpha value is 0.340. The van der Waals surface area contributed by atoms with Gasteiger partial charge in [-0.2, -0.15) is 0 Å². The fourth-order valence-corrected chi connectivity index (χ4v) is 4.14. The molecule has 0 rings (SSSR count). The molecule has 0 saturated carbocycles. The van der Waals surface area contributed by atoms with E-state index < -0.39 is 0 Å². The van der Waals surface area contributed by atoms with E-state index in [1.807, 2.05) is 0 Å². The molecule has 0 fully saturated rings. The van der Waals surface area contributed by atoms with Crippen LogP contribution in [0.25, 0.3) is 0 Å². The summed E-state index contributed by atoms with van der Waals surface area (Å²) >= 11 is 0. The largest absolute Gasteiger partial charge is 0.0808 e. The Morgan fingerprint density at radius 1 is 0.778 bits per heavy atom. The molecule has 0 saturated heterocycles. The van der Waals surface area contributed by atoms with Crippen molar-refractivity contribution in [3.8, 4) is 0 Å². The summed E-state index contributed by atoms with van der Waals surface area (Å²) in [5.74, 6) is 4.87. The highest BCUT2D eigenvalue weighted by Gasteiger charge is 1.88. The SMILES string of the molecule is CCCCCC/C=C/P[PH2+]/C=C/CCCCCC. The van der Waals surface area contributed by atoms with Crippen molar-refractivity contribution in [1.29, 1.82) is 0 Å². The standard InChI is InChI=1S/C16H32P2/c1-3-5-7-9-11-13-15-17-18-16-14-12-10-8-6-4-2/h13-18H,3-12H2,1-2H3/p+1/b15-13+,16-14+. The van der Waals surface area contributed by atoms with Gasteiger partial charge >= 0.3 is 0 Å². The molecule has 0 nitrogen and oxygen atoms in total. The van der Waals surface area contributed by atoms with Gasteiger partial charge in [0.1, 0.15) is 0 Å². The van der Waals surface area contributed by atoms with Gasteiger partial charge in [0.25, 0.3) is 0 Å². The Balaban J connectivity index is 3.13.